The number of methoxy groups -OCH3 is 1. The lowest BCUT2D eigenvalue weighted by molar-refractivity contribution is 0.0736. The highest BCUT2D eigenvalue weighted by Gasteiger charge is 2.35. The van der Waals surface area contributed by atoms with Crippen LogP contribution in [-0.2, 0) is 0 Å². The predicted molar refractivity (Wildman–Crippen MR) is 85.2 cm³/mol. The summed E-state index contributed by atoms with van der Waals surface area (Å²) in [5.74, 6) is 1.35. The number of hydrogen-bond donors (Lipinski definition) is 0. The molecule has 0 aliphatic carbocycles. The second kappa shape index (κ2) is 6.04. The van der Waals surface area contributed by atoms with Gasteiger partial charge >= 0.3 is 0 Å². The van der Waals surface area contributed by atoms with Gasteiger partial charge in [-0.3, -0.25) is 4.79 Å². The maximum absolute atomic E-state index is 12.8. The molecule has 0 N–H and O–H groups in total. The highest BCUT2D eigenvalue weighted by Crippen LogP contribution is 2.37. The van der Waals surface area contributed by atoms with Crippen LogP contribution >= 0.6 is 11.5 Å². The van der Waals surface area contributed by atoms with Gasteiger partial charge in [0.15, 0.2) is 0 Å². The topological polar surface area (TPSA) is 55.3 Å². The third kappa shape index (κ3) is 2.70. The van der Waals surface area contributed by atoms with E-state index in [9.17, 15) is 4.79 Å². The van der Waals surface area contributed by atoms with Crippen molar-refractivity contribution in [2.45, 2.75) is 26.3 Å². The van der Waals surface area contributed by atoms with Crippen molar-refractivity contribution in [3.05, 3.63) is 40.4 Å². The average Bonchev–Trinajstić information content (AvgIpc) is 3.12. The first-order valence-electron chi connectivity index (χ1n) is 7.34. The number of ether oxygens (including phenoxy) is 1. The van der Waals surface area contributed by atoms with Gasteiger partial charge in [-0.15, -0.1) is 5.10 Å². The SMILES string of the molecule is COc1ccc([C@H]2C[C@H](C)CN2C(=O)c2snnc2C)cc1. The molecule has 2 atom stereocenters. The number of carbonyl (C=O) groups excluding carboxylic acids is 1. The Balaban J connectivity index is 1.88. The average molecular weight is 317 g/mol. The second-order valence-electron chi connectivity index (χ2n) is 5.77. The van der Waals surface area contributed by atoms with Gasteiger partial charge < -0.3 is 9.64 Å². The minimum atomic E-state index is 0.0395. The molecule has 1 saturated heterocycles. The van der Waals surface area contributed by atoms with Crippen LogP contribution in [0.25, 0.3) is 0 Å². The lowest BCUT2D eigenvalue weighted by Gasteiger charge is -2.24. The lowest BCUT2D eigenvalue weighted by atomic mass is 10.0. The van der Waals surface area contributed by atoms with Crippen molar-refractivity contribution in [3.63, 3.8) is 0 Å². The first kappa shape index (κ1) is 15.0. The third-order valence-corrected chi connectivity index (χ3v) is 4.93. The van der Waals surface area contributed by atoms with Gasteiger partial charge in [0.2, 0.25) is 0 Å². The van der Waals surface area contributed by atoms with Crippen molar-refractivity contribution in [3.8, 4) is 5.75 Å². The molecular weight excluding hydrogens is 298 g/mol. The molecule has 0 saturated carbocycles. The lowest BCUT2D eigenvalue weighted by Crippen LogP contribution is -2.31. The fourth-order valence-electron chi connectivity index (χ4n) is 2.97. The van der Waals surface area contributed by atoms with Crippen molar-refractivity contribution in [2.75, 3.05) is 13.7 Å². The van der Waals surface area contributed by atoms with E-state index in [0.717, 1.165) is 24.3 Å². The van der Waals surface area contributed by atoms with Gasteiger partial charge in [-0.05, 0) is 48.5 Å². The second-order valence-corrected chi connectivity index (χ2v) is 6.53. The van der Waals surface area contributed by atoms with Crippen LogP contribution in [0, 0.1) is 12.8 Å². The molecule has 1 aliphatic heterocycles. The van der Waals surface area contributed by atoms with Crippen LogP contribution in [0.3, 0.4) is 0 Å². The van der Waals surface area contributed by atoms with Gasteiger partial charge in [-0.2, -0.15) is 0 Å². The van der Waals surface area contributed by atoms with Crippen LogP contribution in [0.1, 0.15) is 40.3 Å². The van der Waals surface area contributed by atoms with E-state index >= 15 is 0 Å². The van der Waals surface area contributed by atoms with Crippen LogP contribution in [0.2, 0.25) is 0 Å². The highest BCUT2D eigenvalue weighted by atomic mass is 32.1. The maximum Gasteiger partial charge on any atom is 0.268 e. The van der Waals surface area contributed by atoms with Gasteiger partial charge in [0.1, 0.15) is 10.6 Å². The third-order valence-electron chi connectivity index (χ3n) is 4.12. The zero-order chi connectivity index (χ0) is 15.7. The zero-order valence-electron chi connectivity index (χ0n) is 12.9. The molecule has 1 aromatic carbocycles. The Labute approximate surface area is 134 Å². The molecule has 2 heterocycles. The molecule has 1 fully saturated rings. The van der Waals surface area contributed by atoms with E-state index in [2.05, 4.69) is 16.5 Å². The van der Waals surface area contributed by atoms with E-state index in [0.29, 0.717) is 16.5 Å². The Hall–Kier alpha value is -1.95. The van der Waals surface area contributed by atoms with Crippen molar-refractivity contribution < 1.29 is 9.53 Å². The summed E-state index contributed by atoms with van der Waals surface area (Å²) >= 11 is 1.18. The Morgan fingerprint density at radius 3 is 2.68 bits per heavy atom. The van der Waals surface area contributed by atoms with Crippen LogP contribution in [0.5, 0.6) is 5.75 Å². The minimum absolute atomic E-state index is 0.0395. The van der Waals surface area contributed by atoms with Crippen molar-refractivity contribution in [1.82, 2.24) is 14.5 Å². The monoisotopic (exact) mass is 317 g/mol. The zero-order valence-corrected chi connectivity index (χ0v) is 13.8. The molecule has 22 heavy (non-hydrogen) atoms. The molecule has 0 bridgehead atoms. The first-order valence-corrected chi connectivity index (χ1v) is 8.11. The number of rotatable bonds is 3. The number of benzene rings is 1. The summed E-state index contributed by atoms with van der Waals surface area (Å²) in [6.45, 7) is 4.78. The summed E-state index contributed by atoms with van der Waals surface area (Å²) in [5, 5.41) is 3.95. The van der Waals surface area contributed by atoms with E-state index in [-0.39, 0.29) is 11.9 Å². The Morgan fingerprint density at radius 1 is 1.36 bits per heavy atom. The van der Waals surface area contributed by atoms with Gasteiger partial charge in [-0.1, -0.05) is 23.5 Å². The quantitative estimate of drug-likeness (QED) is 0.873. The molecule has 2 aromatic rings. The molecule has 0 spiro atoms. The van der Waals surface area contributed by atoms with Gasteiger partial charge in [0, 0.05) is 6.54 Å². The summed E-state index contributed by atoms with van der Waals surface area (Å²) in [6.07, 6.45) is 0.976. The van der Waals surface area contributed by atoms with Crippen LogP contribution in [0.15, 0.2) is 24.3 Å². The van der Waals surface area contributed by atoms with E-state index in [1.54, 1.807) is 7.11 Å². The Bertz CT molecular complexity index is 668. The van der Waals surface area contributed by atoms with Gasteiger partial charge in [0.05, 0.1) is 18.8 Å². The number of nitrogens with zero attached hydrogens (tertiary/aromatic N) is 3. The molecule has 0 radical (unpaired) electrons. The molecule has 6 heteroatoms. The summed E-state index contributed by atoms with van der Waals surface area (Å²) in [6, 6.07) is 8.08. The first-order chi connectivity index (χ1) is 10.6. The predicted octanol–water partition coefficient (Wildman–Crippen LogP) is 3.08. The van der Waals surface area contributed by atoms with Crippen LogP contribution in [-0.4, -0.2) is 34.0 Å². The molecular formula is C16H19N3O2S. The molecule has 1 aromatic heterocycles. The molecule has 3 rings (SSSR count). The summed E-state index contributed by atoms with van der Waals surface area (Å²) in [5.41, 5.74) is 1.86. The molecule has 1 aliphatic rings. The number of aromatic nitrogens is 2. The standard InChI is InChI=1S/C16H19N3O2S/c1-10-8-14(12-4-6-13(21-3)7-5-12)19(9-10)16(20)15-11(2)17-18-22-15/h4-7,10,14H,8-9H2,1-3H3/t10-,14+/m0/s1. The minimum Gasteiger partial charge on any atom is -0.497 e. The Morgan fingerprint density at radius 2 is 2.09 bits per heavy atom. The van der Waals surface area contributed by atoms with E-state index in [1.165, 1.54) is 11.5 Å². The Kier molecular flexibility index (Phi) is 4.11. The van der Waals surface area contributed by atoms with Crippen LogP contribution in [0.4, 0.5) is 0 Å². The van der Waals surface area contributed by atoms with Crippen molar-refractivity contribution in [2.24, 2.45) is 5.92 Å². The molecule has 116 valence electrons. The van der Waals surface area contributed by atoms with Crippen LogP contribution < -0.4 is 4.74 Å². The van der Waals surface area contributed by atoms with E-state index < -0.39 is 0 Å². The number of amides is 1. The fraction of sp³-hybridized carbons (Fsp3) is 0.438. The van der Waals surface area contributed by atoms with E-state index in [1.807, 2.05) is 36.1 Å². The largest absolute Gasteiger partial charge is 0.497 e. The number of hydrogen-bond acceptors (Lipinski definition) is 5. The molecule has 5 nitrogen and oxygen atoms in total. The summed E-state index contributed by atoms with van der Waals surface area (Å²) in [4.78, 5) is 15.4. The summed E-state index contributed by atoms with van der Waals surface area (Å²) < 4.78 is 9.09. The smallest absolute Gasteiger partial charge is 0.268 e. The number of aryl methyl sites for hydroxylation is 1. The fourth-order valence-corrected chi connectivity index (χ4v) is 3.58. The van der Waals surface area contributed by atoms with Crippen molar-refractivity contribution >= 4 is 17.4 Å². The number of likely N-dealkylation sites (tertiary alicyclic amines) is 1. The highest BCUT2D eigenvalue weighted by molar-refractivity contribution is 7.07. The number of carbonyl (C=O) groups is 1. The van der Waals surface area contributed by atoms with Gasteiger partial charge in [-0.25, -0.2) is 0 Å². The molecule has 1 amide bonds. The van der Waals surface area contributed by atoms with Crippen molar-refractivity contribution in [1.29, 1.82) is 0 Å². The molecule has 0 unspecified atom stereocenters. The van der Waals surface area contributed by atoms with Gasteiger partial charge in [0.25, 0.3) is 5.91 Å². The normalized spacial score (nSPS) is 21.1. The summed E-state index contributed by atoms with van der Waals surface area (Å²) in [7, 11) is 1.65. The maximum atomic E-state index is 12.8. The van der Waals surface area contributed by atoms with E-state index in [4.69, 9.17) is 4.74 Å².